The molecule has 3 aromatic rings. The SMILES string of the molecule is COc1ccccc1CNc1ccc(NC(=O)c2ccc(F)c(F)c2)cc1. The molecule has 0 aliphatic heterocycles. The number of carbonyl (C=O) groups is 1. The first kappa shape index (κ1) is 18.4. The van der Waals surface area contributed by atoms with E-state index in [4.69, 9.17) is 4.74 Å². The number of methoxy groups -OCH3 is 1. The van der Waals surface area contributed by atoms with E-state index in [0.717, 1.165) is 29.1 Å². The van der Waals surface area contributed by atoms with Crippen LogP contribution < -0.4 is 15.4 Å². The van der Waals surface area contributed by atoms with Gasteiger partial charge in [-0.2, -0.15) is 0 Å². The Balaban J connectivity index is 1.61. The molecule has 0 unspecified atom stereocenters. The van der Waals surface area contributed by atoms with Gasteiger partial charge in [0.25, 0.3) is 5.91 Å². The van der Waals surface area contributed by atoms with Crippen LogP contribution in [0.4, 0.5) is 20.2 Å². The van der Waals surface area contributed by atoms with Gasteiger partial charge in [0.1, 0.15) is 5.75 Å². The summed E-state index contributed by atoms with van der Waals surface area (Å²) in [7, 11) is 1.63. The quantitative estimate of drug-likeness (QED) is 0.655. The van der Waals surface area contributed by atoms with Gasteiger partial charge in [-0.25, -0.2) is 8.78 Å². The number of hydrogen-bond donors (Lipinski definition) is 2. The Labute approximate surface area is 155 Å². The molecule has 27 heavy (non-hydrogen) atoms. The molecular formula is C21H18F2N2O2. The van der Waals surface area contributed by atoms with E-state index in [1.54, 1.807) is 19.2 Å². The molecule has 0 aromatic heterocycles. The Morgan fingerprint density at radius 3 is 2.33 bits per heavy atom. The van der Waals surface area contributed by atoms with Gasteiger partial charge >= 0.3 is 0 Å². The first-order chi connectivity index (χ1) is 13.1. The molecule has 2 N–H and O–H groups in total. The van der Waals surface area contributed by atoms with Crippen LogP contribution in [0.2, 0.25) is 0 Å². The molecule has 3 aromatic carbocycles. The maximum Gasteiger partial charge on any atom is 0.255 e. The van der Waals surface area contributed by atoms with Crippen LogP contribution >= 0.6 is 0 Å². The lowest BCUT2D eigenvalue weighted by Crippen LogP contribution is -2.12. The molecule has 0 bridgehead atoms. The standard InChI is InChI=1S/C21H18F2N2O2/c1-27-20-5-3-2-4-15(20)13-24-16-7-9-17(10-8-16)25-21(26)14-6-11-18(22)19(23)12-14/h2-12,24H,13H2,1H3,(H,25,26). The lowest BCUT2D eigenvalue weighted by Gasteiger charge is -2.11. The van der Waals surface area contributed by atoms with E-state index in [1.165, 1.54) is 6.07 Å². The summed E-state index contributed by atoms with van der Waals surface area (Å²) in [6, 6.07) is 17.8. The van der Waals surface area contributed by atoms with E-state index in [1.807, 2.05) is 36.4 Å². The summed E-state index contributed by atoms with van der Waals surface area (Å²) in [5.74, 6) is -1.75. The van der Waals surface area contributed by atoms with Crippen LogP contribution in [-0.2, 0) is 6.54 Å². The van der Waals surface area contributed by atoms with Crippen LogP contribution in [0.1, 0.15) is 15.9 Å². The topological polar surface area (TPSA) is 50.4 Å². The van der Waals surface area contributed by atoms with Crippen LogP contribution in [0.15, 0.2) is 66.7 Å². The summed E-state index contributed by atoms with van der Waals surface area (Å²) >= 11 is 0. The van der Waals surface area contributed by atoms with Crippen LogP contribution in [0.5, 0.6) is 5.75 Å². The lowest BCUT2D eigenvalue weighted by atomic mass is 10.2. The molecule has 138 valence electrons. The summed E-state index contributed by atoms with van der Waals surface area (Å²) in [6.45, 7) is 0.588. The second kappa shape index (κ2) is 8.31. The number of carbonyl (C=O) groups excluding carboxylic acids is 1. The van der Waals surface area contributed by atoms with Crippen molar-refractivity contribution in [1.82, 2.24) is 0 Å². The molecule has 0 aliphatic carbocycles. The molecular weight excluding hydrogens is 350 g/mol. The number of anilines is 2. The number of rotatable bonds is 6. The Kier molecular flexibility index (Phi) is 5.66. The number of benzene rings is 3. The van der Waals surface area contributed by atoms with Crippen molar-refractivity contribution in [2.45, 2.75) is 6.54 Å². The number of ether oxygens (including phenoxy) is 1. The van der Waals surface area contributed by atoms with Crippen molar-refractivity contribution >= 4 is 17.3 Å². The van der Waals surface area contributed by atoms with Gasteiger partial charge in [0.15, 0.2) is 11.6 Å². The van der Waals surface area contributed by atoms with E-state index in [2.05, 4.69) is 10.6 Å². The van der Waals surface area contributed by atoms with E-state index >= 15 is 0 Å². The van der Waals surface area contributed by atoms with E-state index < -0.39 is 17.5 Å². The number of para-hydroxylation sites is 1. The first-order valence-corrected chi connectivity index (χ1v) is 8.29. The van der Waals surface area contributed by atoms with Crippen molar-refractivity contribution in [2.75, 3.05) is 17.7 Å². The van der Waals surface area contributed by atoms with Gasteiger partial charge in [0.05, 0.1) is 7.11 Å². The molecule has 6 heteroatoms. The zero-order valence-electron chi connectivity index (χ0n) is 14.6. The molecule has 0 radical (unpaired) electrons. The highest BCUT2D eigenvalue weighted by Gasteiger charge is 2.10. The molecule has 1 amide bonds. The number of amides is 1. The molecule has 0 atom stereocenters. The van der Waals surface area contributed by atoms with Crippen molar-refractivity contribution in [3.8, 4) is 5.75 Å². The minimum atomic E-state index is -1.06. The fourth-order valence-corrected chi connectivity index (χ4v) is 2.56. The average molecular weight is 368 g/mol. The van der Waals surface area contributed by atoms with Gasteiger partial charge in [-0.15, -0.1) is 0 Å². The van der Waals surface area contributed by atoms with Crippen molar-refractivity contribution in [2.24, 2.45) is 0 Å². The molecule has 4 nitrogen and oxygen atoms in total. The molecule has 0 saturated carbocycles. The van der Waals surface area contributed by atoms with Gasteiger partial charge in [0.2, 0.25) is 0 Å². The molecule has 0 aliphatic rings. The zero-order chi connectivity index (χ0) is 19.2. The van der Waals surface area contributed by atoms with Crippen LogP contribution in [0.3, 0.4) is 0 Å². The Morgan fingerprint density at radius 1 is 0.926 bits per heavy atom. The fourth-order valence-electron chi connectivity index (χ4n) is 2.56. The Bertz CT molecular complexity index is 943. The highest BCUT2D eigenvalue weighted by Crippen LogP contribution is 2.20. The second-order valence-corrected chi connectivity index (χ2v) is 5.83. The number of hydrogen-bond acceptors (Lipinski definition) is 3. The lowest BCUT2D eigenvalue weighted by molar-refractivity contribution is 0.102. The Hall–Kier alpha value is -3.41. The van der Waals surface area contributed by atoms with Crippen LogP contribution in [0.25, 0.3) is 0 Å². The minimum Gasteiger partial charge on any atom is -0.496 e. The second-order valence-electron chi connectivity index (χ2n) is 5.83. The minimum absolute atomic E-state index is 0.0484. The predicted octanol–water partition coefficient (Wildman–Crippen LogP) is 4.84. The summed E-state index contributed by atoms with van der Waals surface area (Å²) in [5, 5.41) is 5.93. The molecule has 0 heterocycles. The van der Waals surface area contributed by atoms with E-state index in [0.29, 0.717) is 12.2 Å². The van der Waals surface area contributed by atoms with Gasteiger partial charge in [-0.05, 0) is 48.5 Å². The number of nitrogens with one attached hydrogen (secondary N) is 2. The third kappa shape index (κ3) is 4.61. The Morgan fingerprint density at radius 2 is 1.63 bits per heavy atom. The van der Waals surface area contributed by atoms with Crippen molar-refractivity contribution in [3.05, 3.63) is 89.5 Å². The van der Waals surface area contributed by atoms with Gasteiger partial charge in [0, 0.05) is 29.0 Å². The highest BCUT2D eigenvalue weighted by molar-refractivity contribution is 6.04. The van der Waals surface area contributed by atoms with E-state index in [-0.39, 0.29) is 5.56 Å². The summed E-state index contributed by atoms with van der Waals surface area (Å²) in [4.78, 5) is 12.1. The largest absolute Gasteiger partial charge is 0.496 e. The maximum atomic E-state index is 13.2. The molecule has 3 rings (SSSR count). The van der Waals surface area contributed by atoms with Crippen molar-refractivity contribution < 1.29 is 18.3 Å². The van der Waals surface area contributed by atoms with Crippen LogP contribution in [0, 0.1) is 11.6 Å². The summed E-state index contributed by atoms with van der Waals surface area (Å²) in [5.41, 5.74) is 2.49. The highest BCUT2D eigenvalue weighted by atomic mass is 19.2. The van der Waals surface area contributed by atoms with E-state index in [9.17, 15) is 13.6 Å². The maximum absolute atomic E-state index is 13.2. The number of halogens is 2. The predicted molar refractivity (Wildman–Crippen MR) is 101 cm³/mol. The molecule has 0 saturated heterocycles. The van der Waals surface area contributed by atoms with Gasteiger partial charge in [-0.3, -0.25) is 4.79 Å². The smallest absolute Gasteiger partial charge is 0.255 e. The normalized spacial score (nSPS) is 10.3. The van der Waals surface area contributed by atoms with Crippen molar-refractivity contribution in [1.29, 1.82) is 0 Å². The van der Waals surface area contributed by atoms with Gasteiger partial charge < -0.3 is 15.4 Å². The third-order valence-electron chi connectivity index (χ3n) is 4.00. The van der Waals surface area contributed by atoms with Gasteiger partial charge in [-0.1, -0.05) is 18.2 Å². The monoisotopic (exact) mass is 368 g/mol. The molecule has 0 fully saturated rings. The zero-order valence-corrected chi connectivity index (χ0v) is 14.6. The van der Waals surface area contributed by atoms with Crippen molar-refractivity contribution in [3.63, 3.8) is 0 Å². The first-order valence-electron chi connectivity index (χ1n) is 8.29. The fraction of sp³-hybridized carbons (Fsp3) is 0.0952. The summed E-state index contributed by atoms with van der Waals surface area (Å²) < 4.78 is 31.5. The molecule has 0 spiro atoms. The average Bonchev–Trinajstić information content (AvgIpc) is 2.69. The third-order valence-corrected chi connectivity index (χ3v) is 4.00. The summed E-state index contributed by atoms with van der Waals surface area (Å²) in [6.07, 6.45) is 0. The van der Waals surface area contributed by atoms with Crippen LogP contribution in [-0.4, -0.2) is 13.0 Å².